The van der Waals surface area contributed by atoms with Gasteiger partial charge in [-0.1, -0.05) is 32.4 Å². The fraction of sp³-hybridized carbons (Fsp3) is 0.500. The van der Waals surface area contributed by atoms with E-state index in [0.717, 1.165) is 30.5 Å². The van der Waals surface area contributed by atoms with E-state index in [2.05, 4.69) is 19.2 Å². The third kappa shape index (κ3) is 3.48. The highest BCUT2D eigenvalue weighted by atomic mass is 16.4. The molecular formula is C14H21NO2. The Kier molecular flexibility index (Phi) is 5.01. The molecule has 0 fully saturated rings. The van der Waals surface area contributed by atoms with Crippen molar-refractivity contribution in [1.82, 2.24) is 0 Å². The molecule has 0 bridgehead atoms. The number of hydrogen-bond donors (Lipinski definition) is 2. The predicted molar refractivity (Wildman–Crippen MR) is 70.7 cm³/mol. The zero-order chi connectivity index (χ0) is 12.8. The summed E-state index contributed by atoms with van der Waals surface area (Å²) in [6, 6.07) is 5.72. The number of aryl methyl sites for hydroxylation is 1. The summed E-state index contributed by atoms with van der Waals surface area (Å²) in [6.07, 6.45) is 3.16. The van der Waals surface area contributed by atoms with E-state index in [0.29, 0.717) is 11.6 Å². The Morgan fingerprint density at radius 1 is 1.41 bits per heavy atom. The standard InChI is InChI=1S/C14H21NO2/c1-4-7-11(5-2)15-13-10(3)8-6-9-12(13)14(16)17/h6,8-9,11,15H,4-5,7H2,1-3H3,(H,16,17). The summed E-state index contributed by atoms with van der Waals surface area (Å²) < 4.78 is 0. The minimum atomic E-state index is -0.873. The van der Waals surface area contributed by atoms with Crippen molar-refractivity contribution in [2.24, 2.45) is 0 Å². The van der Waals surface area contributed by atoms with Gasteiger partial charge in [-0.25, -0.2) is 4.79 Å². The highest BCUT2D eigenvalue weighted by Crippen LogP contribution is 2.23. The second-order valence-electron chi connectivity index (χ2n) is 4.34. The number of nitrogens with one attached hydrogen (secondary N) is 1. The molecule has 1 rings (SSSR count). The van der Waals surface area contributed by atoms with Crippen LogP contribution < -0.4 is 5.32 Å². The SMILES string of the molecule is CCCC(CC)Nc1c(C)cccc1C(=O)O. The van der Waals surface area contributed by atoms with Crippen molar-refractivity contribution in [3.05, 3.63) is 29.3 Å². The van der Waals surface area contributed by atoms with Crippen LogP contribution >= 0.6 is 0 Å². The van der Waals surface area contributed by atoms with Gasteiger partial charge in [0.15, 0.2) is 0 Å². The van der Waals surface area contributed by atoms with Crippen molar-refractivity contribution < 1.29 is 9.90 Å². The molecule has 1 aromatic rings. The van der Waals surface area contributed by atoms with Crippen LogP contribution in [0.1, 0.15) is 49.0 Å². The molecule has 17 heavy (non-hydrogen) atoms. The van der Waals surface area contributed by atoms with Gasteiger partial charge in [0.05, 0.1) is 11.3 Å². The molecule has 0 aliphatic heterocycles. The summed E-state index contributed by atoms with van der Waals surface area (Å²) in [5.74, 6) is -0.873. The maximum Gasteiger partial charge on any atom is 0.337 e. The van der Waals surface area contributed by atoms with Crippen LogP contribution in [0.5, 0.6) is 0 Å². The van der Waals surface area contributed by atoms with E-state index in [1.165, 1.54) is 0 Å². The highest BCUT2D eigenvalue weighted by Gasteiger charge is 2.14. The molecule has 0 radical (unpaired) electrons. The van der Waals surface area contributed by atoms with Crippen molar-refractivity contribution in [1.29, 1.82) is 0 Å². The molecule has 0 saturated heterocycles. The fourth-order valence-corrected chi connectivity index (χ4v) is 1.97. The molecule has 3 heteroatoms. The quantitative estimate of drug-likeness (QED) is 0.790. The van der Waals surface area contributed by atoms with Gasteiger partial charge in [0.25, 0.3) is 0 Å². The number of anilines is 1. The Hall–Kier alpha value is -1.51. The van der Waals surface area contributed by atoms with Gasteiger partial charge in [-0.2, -0.15) is 0 Å². The maximum atomic E-state index is 11.2. The number of aromatic carboxylic acids is 1. The number of carboxylic acids is 1. The van der Waals surface area contributed by atoms with Crippen LogP contribution in [0.2, 0.25) is 0 Å². The zero-order valence-electron chi connectivity index (χ0n) is 10.8. The van der Waals surface area contributed by atoms with Crippen molar-refractivity contribution in [2.45, 2.75) is 46.1 Å². The Balaban J connectivity index is 2.99. The lowest BCUT2D eigenvalue weighted by atomic mass is 10.0. The average molecular weight is 235 g/mol. The lowest BCUT2D eigenvalue weighted by Gasteiger charge is -2.20. The molecule has 0 heterocycles. The van der Waals surface area contributed by atoms with Gasteiger partial charge >= 0.3 is 5.97 Å². The van der Waals surface area contributed by atoms with Crippen LogP contribution in [-0.4, -0.2) is 17.1 Å². The molecule has 0 aliphatic rings. The molecule has 3 nitrogen and oxygen atoms in total. The van der Waals surface area contributed by atoms with E-state index in [-0.39, 0.29) is 0 Å². The summed E-state index contributed by atoms with van der Waals surface area (Å²) in [5.41, 5.74) is 2.11. The Morgan fingerprint density at radius 3 is 2.65 bits per heavy atom. The van der Waals surface area contributed by atoms with E-state index in [1.807, 2.05) is 13.0 Å². The monoisotopic (exact) mass is 235 g/mol. The van der Waals surface area contributed by atoms with Crippen molar-refractivity contribution in [3.63, 3.8) is 0 Å². The molecule has 0 aromatic heterocycles. The first-order valence-electron chi connectivity index (χ1n) is 6.19. The Labute approximate surface area is 103 Å². The third-order valence-electron chi connectivity index (χ3n) is 2.98. The molecule has 0 amide bonds. The van der Waals surface area contributed by atoms with E-state index < -0.39 is 5.97 Å². The highest BCUT2D eigenvalue weighted by molar-refractivity contribution is 5.95. The van der Waals surface area contributed by atoms with Gasteiger partial charge in [-0.15, -0.1) is 0 Å². The summed E-state index contributed by atoms with van der Waals surface area (Å²) in [5, 5.41) is 12.5. The molecule has 1 unspecified atom stereocenters. The largest absolute Gasteiger partial charge is 0.478 e. The van der Waals surface area contributed by atoms with Crippen LogP contribution in [0, 0.1) is 6.92 Å². The minimum Gasteiger partial charge on any atom is -0.478 e. The molecule has 0 saturated carbocycles. The van der Waals surface area contributed by atoms with Gasteiger partial charge in [0.1, 0.15) is 0 Å². The minimum absolute atomic E-state index is 0.346. The van der Waals surface area contributed by atoms with E-state index >= 15 is 0 Å². The molecule has 1 aromatic carbocycles. The molecular weight excluding hydrogens is 214 g/mol. The van der Waals surface area contributed by atoms with Gasteiger partial charge in [0.2, 0.25) is 0 Å². The van der Waals surface area contributed by atoms with Gasteiger partial charge < -0.3 is 10.4 Å². The van der Waals surface area contributed by atoms with Crippen LogP contribution in [-0.2, 0) is 0 Å². The molecule has 94 valence electrons. The van der Waals surface area contributed by atoms with E-state index in [1.54, 1.807) is 12.1 Å². The second-order valence-corrected chi connectivity index (χ2v) is 4.34. The molecule has 0 spiro atoms. The second kappa shape index (κ2) is 6.28. The first-order valence-corrected chi connectivity index (χ1v) is 6.19. The predicted octanol–water partition coefficient (Wildman–Crippen LogP) is 3.68. The Bertz CT molecular complexity index is 388. The van der Waals surface area contributed by atoms with Gasteiger partial charge in [0, 0.05) is 6.04 Å². The van der Waals surface area contributed by atoms with Crippen LogP contribution in [0.3, 0.4) is 0 Å². The Morgan fingerprint density at radius 2 is 2.12 bits per heavy atom. The van der Waals surface area contributed by atoms with Gasteiger partial charge in [-0.05, 0) is 31.4 Å². The normalized spacial score (nSPS) is 12.2. The number of hydrogen-bond acceptors (Lipinski definition) is 2. The first kappa shape index (κ1) is 13.6. The van der Waals surface area contributed by atoms with Crippen LogP contribution in [0.15, 0.2) is 18.2 Å². The van der Waals surface area contributed by atoms with Crippen LogP contribution in [0.4, 0.5) is 5.69 Å². The van der Waals surface area contributed by atoms with Crippen LogP contribution in [0.25, 0.3) is 0 Å². The van der Waals surface area contributed by atoms with E-state index in [4.69, 9.17) is 5.11 Å². The first-order chi connectivity index (χ1) is 8.10. The van der Waals surface area contributed by atoms with Gasteiger partial charge in [-0.3, -0.25) is 0 Å². The topological polar surface area (TPSA) is 49.3 Å². The number of carboxylic acid groups (broad SMARTS) is 1. The lowest BCUT2D eigenvalue weighted by Crippen LogP contribution is -2.20. The summed E-state index contributed by atoms with van der Waals surface area (Å²) in [6.45, 7) is 6.19. The smallest absolute Gasteiger partial charge is 0.337 e. The summed E-state index contributed by atoms with van der Waals surface area (Å²) in [4.78, 5) is 11.2. The van der Waals surface area contributed by atoms with Crippen molar-refractivity contribution >= 4 is 11.7 Å². The lowest BCUT2D eigenvalue weighted by molar-refractivity contribution is 0.0698. The number of carbonyl (C=O) groups is 1. The number of benzene rings is 1. The van der Waals surface area contributed by atoms with Crippen molar-refractivity contribution in [3.8, 4) is 0 Å². The molecule has 2 N–H and O–H groups in total. The van der Waals surface area contributed by atoms with E-state index in [9.17, 15) is 4.79 Å². The average Bonchev–Trinajstić information content (AvgIpc) is 2.30. The maximum absolute atomic E-state index is 11.2. The molecule has 1 atom stereocenters. The zero-order valence-corrected chi connectivity index (χ0v) is 10.8. The summed E-state index contributed by atoms with van der Waals surface area (Å²) in [7, 11) is 0. The summed E-state index contributed by atoms with van der Waals surface area (Å²) >= 11 is 0. The molecule has 0 aliphatic carbocycles. The number of para-hydroxylation sites is 1. The third-order valence-corrected chi connectivity index (χ3v) is 2.98. The number of rotatable bonds is 6. The van der Waals surface area contributed by atoms with Crippen molar-refractivity contribution in [2.75, 3.05) is 5.32 Å². The fourth-order valence-electron chi connectivity index (χ4n) is 1.97.